The maximum absolute atomic E-state index is 11.7. The fraction of sp³-hybridized carbons (Fsp3) is 0.100. The van der Waals surface area contributed by atoms with Crippen LogP contribution in [0.15, 0.2) is 54.6 Å². The fourth-order valence-electron chi connectivity index (χ4n) is 2.91. The number of aromatic nitrogens is 1. The summed E-state index contributed by atoms with van der Waals surface area (Å²) in [5, 5.41) is 9.55. The molecule has 0 amide bonds. The van der Waals surface area contributed by atoms with Crippen LogP contribution in [0.25, 0.3) is 27.1 Å². The largest absolute Gasteiger partial charge is 0.477 e. The smallest absolute Gasteiger partial charge is 0.351 e. The molecule has 0 saturated carbocycles. The summed E-state index contributed by atoms with van der Waals surface area (Å²) in [5.74, 6) is -1.03. The van der Waals surface area contributed by atoms with E-state index in [1.165, 1.54) is 0 Å². The van der Waals surface area contributed by atoms with Gasteiger partial charge in [-0.2, -0.15) is 0 Å². The van der Waals surface area contributed by atoms with Crippen LogP contribution in [0.2, 0.25) is 0 Å². The first kappa shape index (κ1) is 15.6. The molecule has 3 rings (SSSR count). The summed E-state index contributed by atoms with van der Waals surface area (Å²) in [6.07, 6.45) is 0. The van der Waals surface area contributed by atoms with Crippen molar-refractivity contribution < 1.29 is 9.90 Å². The van der Waals surface area contributed by atoms with E-state index in [1.807, 2.05) is 54.6 Å². The van der Waals surface area contributed by atoms with Crippen molar-refractivity contribution in [2.75, 3.05) is 0 Å². The monoisotopic (exact) mass is 316 g/mol. The van der Waals surface area contributed by atoms with Crippen LogP contribution in [0.1, 0.15) is 16.2 Å². The summed E-state index contributed by atoms with van der Waals surface area (Å²) in [4.78, 5) is 15.2. The molecular formula is C20H16N2O2. The first-order valence-electron chi connectivity index (χ1n) is 7.50. The molecule has 1 heterocycles. The molecular weight excluding hydrogens is 300 g/mol. The molecule has 118 valence electrons. The maximum Gasteiger partial charge on any atom is 0.351 e. The second-order valence-corrected chi connectivity index (χ2v) is 5.58. The van der Waals surface area contributed by atoms with Crippen molar-refractivity contribution in [3.05, 3.63) is 77.4 Å². The third-order valence-electron chi connectivity index (χ3n) is 4.25. The van der Waals surface area contributed by atoms with Gasteiger partial charge in [0.2, 0.25) is 5.69 Å². The van der Waals surface area contributed by atoms with Crippen LogP contribution >= 0.6 is 0 Å². The zero-order chi connectivity index (χ0) is 17.3. The molecule has 0 radical (unpaired) electrons. The van der Waals surface area contributed by atoms with Crippen LogP contribution in [0.3, 0.4) is 0 Å². The number of hydrogen-bond acceptors (Lipinski definition) is 1. The lowest BCUT2D eigenvalue weighted by molar-refractivity contribution is 0.0687. The van der Waals surface area contributed by atoms with Crippen molar-refractivity contribution in [1.29, 1.82) is 0 Å². The predicted molar refractivity (Wildman–Crippen MR) is 94.2 cm³/mol. The van der Waals surface area contributed by atoms with Crippen LogP contribution in [0.4, 0.5) is 5.69 Å². The van der Waals surface area contributed by atoms with Crippen molar-refractivity contribution in [3.63, 3.8) is 0 Å². The molecule has 24 heavy (non-hydrogen) atoms. The average molecular weight is 316 g/mol. The summed E-state index contributed by atoms with van der Waals surface area (Å²) >= 11 is 0. The third-order valence-corrected chi connectivity index (χ3v) is 4.25. The van der Waals surface area contributed by atoms with Gasteiger partial charge in [0, 0.05) is 18.3 Å². The van der Waals surface area contributed by atoms with Crippen LogP contribution in [-0.2, 0) is 7.05 Å². The van der Waals surface area contributed by atoms with E-state index < -0.39 is 5.97 Å². The van der Waals surface area contributed by atoms with Gasteiger partial charge in [0.15, 0.2) is 0 Å². The third kappa shape index (κ3) is 2.46. The zero-order valence-corrected chi connectivity index (χ0v) is 13.4. The van der Waals surface area contributed by atoms with Gasteiger partial charge in [-0.25, -0.2) is 9.64 Å². The molecule has 4 heteroatoms. The Labute approximate surface area is 140 Å². The van der Waals surface area contributed by atoms with Crippen LogP contribution in [-0.4, -0.2) is 15.6 Å². The van der Waals surface area contributed by atoms with Gasteiger partial charge in [-0.3, -0.25) is 0 Å². The molecule has 0 unspecified atom stereocenters. The van der Waals surface area contributed by atoms with Gasteiger partial charge >= 0.3 is 5.97 Å². The molecule has 1 aromatic heterocycles. The Balaban J connectivity index is 2.15. The highest BCUT2D eigenvalue weighted by Gasteiger charge is 2.24. The number of nitrogens with zero attached hydrogens (tertiary/aromatic N) is 2. The Morgan fingerprint density at radius 1 is 1.00 bits per heavy atom. The van der Waals surface area contributed by atoms with Gasteiger partial charge in [-0.1, -0.05) is 54.6 Å². The zero-order valence-electron chi connectivity index (χ0n) is 13.4. The van der Waals surface area contributed by atoms with Crippen molar-refractivity contribution in [1.82, 2.24) is 4.57 Å². The topological polar surface area (TPSA) is 46.6 Å². The van der Waals surface area contributed by atoms with Crippen LogP contribution in [0, 0.1) is 13.5 Å². The number of aromatic carboxylic acids is 1. The lowest BCUT2D eigenvalue weighted by atomic mass is 9.99. The van der Waals surface area contributed by atoms with E-state index in [9.17, 15) is 9.90 Å². The SMILES string of the molecule is [C-]#[N+]c1c(-c2ccc(-c3ccccc3)cc2)c(C(=O)O)n(C)c1C. The van der Waals surface area contributed by atoms with E-state index in [4.69, 9.17) is 6.57 Å². The van der Waals surface area contributed by atoms with Crippen LogP contribution in [0.5, 0.6) is 0 Å². The van der Waals surface area contributed by atoms with Gasteiger partial charge < -0.3 is 9.67 Å². The predicted octanol–water partition coefficient (Wildman–Crippen LogP) is 4.92. The highest BCUT2D eigenvalue weighted by atomic mass is 16.4. The molecule has 0 fully saturated rings. The van der Waals surface area contributed by atoms with Crippen molar-refractivity contribution in [3.8, 4) is 22.3 Å². The quantitative estimate of drug-likeness (QED) is 0.697. The van der Waals surface area contributed by atoms with E-state index >= 15 is 0 Å². The summed E-state index contributed by atoms with van der Waals surface area (Å²) in [6, 6.07) is 17.6. The van der Waals surface area contributed by atoms with Gasteiger partial charge in [-0.05, 0) is 23.6 Å². The molecule has 0 bridgehead atoms. The molecule has 2 aromatic carbocycles. The van der Waals surface area contributed by atoms with E-state index in [0.29, 0.717) is 16.9 Å². The molecule has 0 saturated heterocycles. The molecule has 0 aliphatic heterocycles. The van der Waals surface area contributed by atoms with E-state index in [1.54, 1.807) is 18.5 Å². The second-order valence-electron chi connectivity index (χ2n) is 5.58. The van der Waals surface area contributed by atoms with Gasteiger partial charge in [0.1, 0.15) is 5.69 Å². The number of benzene rings is 2. The maximum atomic E-state index is 11.7. The summed E-state index contributed by atoms with van der Waals surface area (Å²) in [6.45, 7) is 9.19. The molecule has 1 N–H and O–H groups in total. The molecule has 4 nitrogen and oxygen atoms in total. The van der Waals surface area contributed by atoms with Crippen molar-refractivity contribution in [2.24, 2.45) is 7.05 Å². The van der Waals surface area contributed by atoms with E-state index in [-0.39, 0.29) is 5.69 Å². The standard InChI is InChI=1S/C20H16N2O2/c1-13-18(21-2)17(19(20(23)24)22(13)3)16-11-9-15(10-12-16)14-7-5-4-6-8-14/h4-12H,1,3H3,(H,23,24). The summed E-state index contributed by atoms with van der Waals surface area (Å²) in [7, 11) is 1.68. The van der Waals surface area contributed by atoms with E-state index in [2.05, 4.69) is 4.85 Å². The summed E-state index contributed by atoms with van der Waals surface area (Å²) in [5.41, 5.74) is 4.56. The van der Waals surface area contributed by atoms with Gasteiger partial charge in [-0.15, -0.1) is 0 Å². The minimum atomic E-state index is -1.03. The number of carboxylic acids is 1. The second kappa shape index (κ2) is 6.05. The highest BCUT2D eigenvalue weighted by Crippen LogP contribution is 2.39. The average Bonchev–Trinajstić information content (AvgIpc) is 2.87. The lowest BCUT2D eigenvalue weighted by Crippen LogP contribution is -2.06. The Hall–Kier alpha value is -3.32. The van der Waals surface area contributed by atoms with E-state index in [0.717, 1.165) is 16.7 Å². The molecule has 3 aromatic rings. The summed E-state index contributed by atoms with van der Waals surface area (Å²) < 4.78 is 1.57. The van der Waals surface area contributed by atoms with Crippen molar-refractivity contribution in [2.45, 2.75) is 6.92 Å². The Bertz CT molecular complexity index is 946. The minimum absolute atomic E-state index is 0.144. The molecule has 0 atom stereocenters. The number of carboxylic acid groups (broad SMARTS) is 1. The number of rotatable bonds is 3. The minimum Gasteiger partial charge on any atom is -0.477 e. The van der Waals surface area contributed by atoms with Crippen molar-refractivity contribution >= 4 is 11.7 Å². The molecule has 0 spiro atoms. The molecule has 0 aliphatic rings. The Morgan fingerprint density at radius 3 is 2.08 bits per heavy atom. The fourth-order valence-corrected chi connectivity index (χ4v) is 2.91. The normalized spacial score (nSPS) is 10.4. The van der Waals surface area contributed by atoms with Gasteiger partial charge in [0.25, 0.3) is 0 Å². The highest BCUT2D eigenvalue weighted by molar-refractivity contribution is 6.00. The van der Waals surface area contributed by atoms with Gasteiger partial charge in [0.05, 0.1) is 6.57 Å². The first-order valence-corrected chi connectivity index (χ1v) is 7.50. The first-order chi connectivity index (χ1) is 11.5. The Kier molecular flexibility index (Phi) is 3.93. The number of hydrogen-bond donors (Lipinski definition) is 1. The van der Waals surface area contributed by atoms with Crippen LogP contribution < -0.4 is 0 Å². The molecule has 0 aliphatic carbocycles. The lowest BCUT2D eigenvalue weighted by Gasteiger charge is -2.07. The number of carbonyl (C=O) groups is 1. The Morgan fingerprint density at radius 2 is 1.54 bits per heavy atom.